The largest absolute Gasteiger partial charge is 0.454 e. The van der Waals surface area contributed by atoms with Gasteiger partial charge in [0.25, 0.3) is 5.56 Å². The molecule has 1 N–H and O–H groups in total. The van der Waals surface area contributed by atoms with Gasteiger partial charge in [0.15, 0.2) is 11.6 Å². The Morgan fingerprint density at radius 2 is 1.64 bits per heavy atom. The molecule has 0 saturated heterocycles. The summed E-state index contributed by atoms with van der Waals surface area (Å²) in [4.78, 5) is 12.7. The average Bonchev–Trinajstić information content (AvgIpc) is 2.72. The number of aromatic nitrogens is 1. The van der Waals surface area contributed by atoms with Gasteiger partial charge >= 0.3 is 0 Å². The van der Waals surface area contributed by atoms with E-state index in [9.17, 15) is 22.0 Å². The highest BCUT2D eigenvalue weighted by atomic mass is 32.2. The quantitative estimate of drug-likeness (QED) is 0.448. The van der Waals surface area contributed by atoms with Crippen LogP contribution in [0, 0.1) is 18.6 Å². The molecule has 6 nitrogen and oxygen atoms in total. The molecule has 0 unspecified atom stereocenters. The lowest BCUT2D eigenvalue weighted by atomic mass is 9.98. The molecule has 4 rings (SSSR count). The predicted octanol–water partition coefficient (Wildman–Crippen LogP) is 4.96. The number of benzene rings is 3. The van der Waals surface area contributed by atoms with Gasteiger partial charge in [0.05, 0.1) is 6.26 Å². The highest BCUT2D eigenvalue weighted by Gasteiger charge is 2.17. The number of nitrogens with zero attached hydrogens (tertiary/aromatic N) is 1. The molecule has 0 aliphatic carbocycles. The van der Waals surface area contributed by atoms with Gasteiger partial charge in [0, 0.05) is 41.5 Å². The molecule has 0 spiro atoms. The normalized spacial score (nSPS) is 11.5. The monoisotopic (exact) mass is 470 g/mol. The molecule has 0 radical (unpaired) electrons. The average molecular weight is 470 g/mol. The lowest BCUT2D eigenvalue weighted by Gasteiger charge is -2.17. The summed E-state index contributed by atoms with van der Waals surface area (Å²) in [5.74, 6) is -1.64. The van der Waals surface area contributed by atoms with Crippen LogP contribution in [0.2, 0.25) is 0 Å². The number of aryl methyl sites for hydroxylation is 2. The first-order chi connectivity index (χ1) is 15.5. The van der Waals surface area contributed by atoms with Crippen molar-refractivity contribution < 1.29 is 21.9 Å². The lowest BCUT2D eigenvalue weighted by Crippen LogP contribution is -2.16. The first-order valence-corrected chi connectivity index (χ1v) is 11.8. The maximum atomic E-state index is 14.3. The number of rotatable bonds is 5. The molecule has 0 aliphatic heterocycles. The van der Waals surface area contributed by atoms with Crippen LogP contribution in [0.25, 0.3) is 21.9 Å². The Morgan fingerprint density at radius 3 is 2.33 bits per heavy atom. The van der Waals surface area contributed by atoms with Gasteiger partial charge < -0.3 is 9.30 Å². The van der Waals surface area contributed by atoms with Crippen LogP contribution in [0.3, 0.4) is 0 Å². The van der Waals surface area contributed by atoms with E-state index in [0.29, 0.717) is 28.0 Å². The van der Waals surface area contributed by atoms with Crippen molar-refractivity contribution in [1.82, 2.24) is 4.57 Å². The summed E-state index contributed by atoms with van der Waals surface area (Å²) in [5.41, 5.74) is 1.96. The van der Waals surface area contributed by atoms with Gasteiger partial charge in [-0.15, -0.1) is 0 Å². The van der Waals surface area contributed by atoms with Crippen molar-refractivity contribution >= 4 is 26.5 Å². The number of nitrogens with one attached hydrogen (secondary N) is 1. The maximum Gasteiger partial charge on any atom is 0.258 e. The smallest absolute Gasteiger partial charge is 0.258 e. The van der Waals surface area contributed by atoms with E-state index >= 15 is 0 Å². The zero-order valence-electron chi connectivity index (χ0n) is 18.0. The second kappa shape index (κ2) is 8.32. The Labute approximate surface area is 189 Å². The molecule has 1 aromatic heterocycles. The van der Waals surface area contributed by atoms with E-state index in [4.69, 9.17) is 4.74 Å². The third kappa shape index (κ3) is 4.73. The van der Waals surface area contributed by atoms with Crippen molar-refractivity contribution in [2.75, 3.05) is 11.0 Å². The molecule has 9 heteroatoms. The van der Waals surface area contributed by atoms with E-state index in [1.165, 1.54) is 22.8 Å². The first kappa shape index (κ1) is 22.5. The third-order valence-electron chi connectivity index (χ3n) is 5.03. The molecule has 33 heavy (non-hydrogen) atoms. The Bertz CT molecular complexity index is 1560. The minimum Gasteiger partial charge on any atom is -0.454 e. The molecule has 0 aliphatic rings. The Morgan fingerprint density at radius 1 is 0.909 bits per heavy atom. The molecule has 4 aromatic rings. The second-order valence-electron chi connectivity index (χ2n) is 7.77. The minimum absolute atomic E-state index is 0.195. The molecule has 170 valence electrons. The fourth-order valence-electron chi connectivity index (χ4n) is 3.58. The lowest BCUT2D eigenvalue weighted by molar-refractivity contribution is 0.439. The number of fused-ring (bicyclic) bond motifs is 1. The van der Waals surface area contributed by atoms with Crippen molar-refractivity contribution in [1.29, 1.82) is 0 Å². The zero-order valence-corrected chi connectivity index (χ0v) is 18.8. The number of hydrogen-bond acceptors (Lipinski definition) is 4. The van der Waals surface area contributed by atoms with Crippen molar-refractivity contribution in [2.45, 2.75) is 6.92 Å². The van der Waals surface area contributed by atoms with Crippen LogP contribution in [0.1, 0.15) is 5.56 Å². The topological polar surface area (TPSA) is 77.4 Å². The van der Waals surface area contributed by atoms with E-state index in [2.05, 4.69) is 4.72 Å². The molecule has 0 saturated carbocycles. The number of ether oxygens (including phenoxy) is 1. The van der Waals surface area contributed by atoms with Crippen LogP contribution < -0.4 is 15.0 Å². The Hall–Kier alpha value is -3.72. The van der Waals surface area contributed by atoms with Crippen molar-refractivity contribution in [3.63, 3.8) is 0 Å². The summed E-state index contributed by atoms with van der Waals surface area (Å²) in [6.07, 6.45) is 2.63. The SMILES string of the molecule is Cc1ccc2c(=O)n(C)cc(-c3cc(NS(C)(=O)=O)ccc3Oc3ccc(F)cc3F)c2c1. The van der Waals surface area contributed by atoms with Crippen LogP contribution in [0.5, 0.6) is 11.5 Å². The predicted molar refractivity (Wildman–Crippen MR) is 124 cm³/mol. The van der Waals surface area contributed by atoms with Crippen LogP contribution >= 0.6 is 0 Å². The summed E-state index contributed by atoms with van der Waals surface area (Å²) < 4.78 is 60.8. The summed E-state index contributed by atoms with van der Waals surface area (Å²) >= 11 is 0. The van der Waals surface area contributed by atoms with Crippen molar-refractivity contribution in [2.24, 2.45) is 7.05 Å². The first-order valence-electron chi connectivity index (χ1n) is 9.87. The highest BCUT2D eigenvalue weighted by molar-refractivity contribution is 7.92. The standard InChI is InChI=1S/C24H20F2N2O4S/c1-14-4-7-17-18(10-14)20(13-28(2)24(17)29)19-12-16(27-33(3,30)31)6-9-22(19)32-23-8-5-15(25)11-21(23)26/h4-13,27H,1-3H3. The highest BCUT2D eigenvalue weighted by Crippen LogP contribution is 2.39. The number of sulfonamides is 1. The van der Waals surface area contributed by atoms with E-state index in [0.717, 1.165) is 17.9 Å². The number of hydrogen-bond donors (Lipinski definition) is 1. The summed E-state index contributed by atoms with van der Waals surface area (Å²) in [7, 11) is -1.97. The maximum absolute atomic E-state index is 14.3. The van der Waals surface area contributed by atoms with Crippen LogP contribution in [0.4, 0.5) is 14.5 Å². The van der Waals surface area contributed by atoms with Crippen molar-refractivity contribution in [3.8, 4) is 22.6 Å². The van der Waals surface area contributed by atoms with E-state index in [-0.39, 0.29) is 22.7 Å². The van der Waals surface area contributed by atoms with Gasteiger partial charge in [-0.3, -0.25) is 9.52 Å². The second-order valence-corrected chi connectivity index (χ2v) is 9.52. The number of pyridine rings is 1. The van der Waals surface area contributed by atoms with Gasteiger partial charge in [0.1, 0.15) is 11.6 Å². The minimum atomic E-state index is -3.57. The number of anilines is 1. The molecule has 0 fully saturated rings. The van der Waals surface area contributed by atoms with E-state index in [1.807, 2.05) is 19.1 Å². The van der Waals surface area contributed by atoms with Gasteiger partial charge in [-0.25, -0.2) is 17.2 Å². The fraction of sp³-hybridized carbons (Fsp3) is 0.125. The van der Waals surface area contributed by atoms with Gasteiger partial charge in [-0.2, -0.15) is 0 Å². The summed E-state index contributed by atoms with van der Waals surface area (Å²) in [6, 6.07) is 12.8. The van der Waals surface area contributed by atoms with E-state index < -0.39 is 21.7 Å². The van der Waals surface area contributed by atoms with Gasteiger partial charge in [-0.1, -0.05) is 17.7 Å². The Kier molecular flexibility index (Phi) is 5.67. The van der Waals surface area contributed by atoms with Crippen LogP contribution in [-0.2, 0) is 17.1 Å². The Balaban J connectivity index is 1.99. The molecule has 3 aromatic carbocycles. The zero-order chi connectivity index (χ0) is 23.9. The summed E-state index contributed by atoms with van der Waals surface area (Å²) in [5, 5.41) is 1.08. The molecule has 1 heterocycles. The third-order valence-corrected chi connectivity index (χ3v) is 5.63. The fourth-order valence-corrected chi connectivity index (χ4v) is 4.13. The van der Waals surface area contributed by atoms with Crippen LogP contribution in [-0.4, -0.2) is 19.2 Å². The molecular formula is C24H20F2N2O4S. The van der Waals surface area contributed by atoms with Gasteiger partial charge in [-0.05, 0) is 48.7 Å². The molecule has 0 bridgehead atoms. The van der Waals surface area contributed by atoms with Crippen LogP contribution in [0.15, 0.2) is 65.6 Å². The molecular weight excluding hydrogens is 450 g/mol. The summed E-state index contributed by atoms with van der Waals surface area (Å²) in [6.45, 7) is 1.88. The molecule has 0 amide bonds. The van der Waals surface area contributed by atoms with Gasteiger partial charge in [0.2, 0.25) is 10.0 Å². The van der Waals surface area contributed by atoms with Crippen molar-refractivity contribution in [3.05, 3.63) is 88.3 Å². The molecule has 0 atom stereocenters. The number of halogens is 2. The van der Waals surface area contributed by atoms with E-state index in [1.54, 1.807) is 25.4 Å².